The third kappa shape index (κ3) is 4.43. The van der Waals surface area contributed by atoms with Crippen LogP contribution in [0, 0.1) is 0 Å². The highest BCUT2D eigenvalue weighted by Crippen LogP contribution is 2.18. The van der Waals surface area contributed by atoms with Gasteiger partial charge in [-0.2, -0.15) is 0 Å². The second-order valence-electron chi connectivity index (χ2n) is 6.52. The van der Waals surface area contributed by atoms with Crippen LogP contribution in [0.15, 0.2) is 30.3 Å². The van der Waals surface area contributed by atoms with Crippen LogP contribution in [0.25, 0.3) is 6.08 Å². The Balaban J connectivity index is 1.98. The Bertz CT molecular complexity index is 515. The number of benzene rings is 1. The lowest BCUT2D eigenvalue weighted by Gasteiger charge is -2.37. The molecule has 1 heterocycles. The molecule has 0 radical (unpaired) electrons. The summed E-state index contributed by atoms with van der Waals surface area (Å²) in [4.78, 5) is 14.1. The number of morpholine rings is 1. The fraction of sp³-hybridized carbons (Fsp3) is 0.500. The first-order valence-electron chi connectivity index (χ1n) is 7.58. The van der Waals surface area contributed by atoms with Gasteiger partial charge in [-0.05, 0) is 37.0 Å². The van der Waals surface area contributed by atoms with Crippen molar-refractivity contribution in [2.45, 2.75) is 39.2 Å². The fourth-order valence-corrected chi connectivity index (χ4v) is 2.47. The van der Waals surface area contributed by atoms with Gasteiger partial charge in [0.05, 0.1) is 12.2 Å². The molecule has 0 unspecified atom stereocenters. The van der Waals surface area contributed by atoms with Crippen LogP contribution in [0.4, 0.5) is 0 Å². The Labute approximate surface area is 127 Å². The summed E-state index contributed by atoms with van der Waals surface area (Å²) in [6, 6.07) is 8.35. The number of rotatable bonds is 3. The average molecular weight is 287 g/mol. The molecule has 2 rings (SSSR count). The van der Waals surface area contributed by atoms with E-state index in [9.17, 15) is 4.79 Å². The maximum Gasteiger partial charge on any atom is 0.246 e. The number of nitrogens with zero attached hydrogens (tertiary/aromatic N) is 1. The lowest BCUT2D eigenvalue weighted by atomic mass is 10.0. The summed E-state index contributed by atoms with van der Waals surface area (Å²) >= 11 is 0. The molecular formula is C18H25NO2. The molecule has 1 fully saturated rings. The van der Waals surface area contributed by atoms with E-state index in [2.05, 4.69) is 38.1 Å². The summed E-state index contributed by atoms with van der Waals surface area (Å²) < 4.78 is 5.63. The molecule has 0 aromatic heterocycles. The Morgan fingerprint density at radius 2 is 1.95 bits per heavy atom. The molecule has 0 N–H and O–H groups in total. The molecule has 21 heavy (non-hydrogen) atoms. The molecular weight excluding hydrogens is 262 g/mol. The van der Waals surface area contributed by atoms with Gasteiger partial charge in [0.15, 0.2) is 0 Å². The van der Waals surface area contributed by atoms with Gasteiger partial charge in [0.25, 0.3) is 0 Å². The van der Waals surface area contributed by atoms with Gasteiger partial charge in [-0.25, -0.2) is 0 Å². The van der Waals surface area contributed by atoms with E-state index in [1.807, 2.05) is 24.8 Å². The van der Waals surface area contributed by atoms with Crippen molar-refractivity contribution in [3.8, 4) is 0 Å². The summed E-state index contributed by atoms with van der Waals surface area (Å²) in [6.45, 7) is 10.3. The highest BCUT2D eigenvalue weighted by Gasteiger charge is 2.28. The monoisotopic (exact) mass is 287 g/mol. The number of hydrogen-bond donors (Lipinski definition) is 0. The second kappa shape index (κ2) is 6.44. The van der Waals surface area contributed by atoms with Crippen molar-refractivity contribution in [3.05, 3.63) is 41.5 Å². The summed E-state index contributed by atoms with van der Waals surface area (Å²) in [5, 5.41) is 0. The first kappa shape index (κ1) is 15.8. The topological polar surface area (TPSA) is 29.5 Å². The van der Waals surface area contributed by atoms with Crippen molar-refractivity contribution in [2.24, 2.45) is 0 Å². The van der Waals surface area contributed by atoms with Crippen molar-refractivity contribution >= 4 is 12.0 Å². The van der Waals surface area contributed by atoms with Gasteiger partial charge in [0.2, 0.25) is 5.91 Å². The number of hydrogen-bond acceptors (Lipinski definition) is 2. The van der Waals surface area contributed by atoms with Crippen LogP contribution in [-0.2, 0) is 9.53 Å². The van der Waals surface area contributed by atoms with Gasteiger partial charge in [-0.3, -0.25) is 4.79 Å². The summed E-state index contributed by atoms with van der Waals surface area (Å²) in [5.41, 5.74) is 2.12. The lowest BCUT2D eigenvalue weighted by molar-refractivity contribution is -0.140. The van der Waals surface area contributed by atoms with E-state index in [-0.39, 0.29) is 11.5 Å². The smallest absolute Gasteiger partial charge is 0.246 e. The van der Waals surface area contributed by atoms with E-state index >= 15 is 0 Å². The SMILES string of the molecule is CC(C)c1ccc(/C=C/C(=O)N2CCOC(C)(C)C2)cc1. The van der Waals surface area contributed by atoms with E-state index in [1.54, 1.807) is 6.08 Å². The third-order valence-electron chi connectivity index (χ3n) is 3.76. The Morgan fingerprint density at radius 1 is 1.29 bits per heavy atom. The highest BCUT2D eigenvalue weighted by molar-refractivity contribution is 5.91. The molecule has 0 spiro atoms. The van der Waals surface area contributed by atoms with Crippen molar-refractivity contribution in [2.75, 3.05) is 19.7 Å². The van der Waals surface area contributed by atoms with E-state index in [0.717, 1.165) is 5.56 Å². The van der Waals surface area contributed by atoms with Gasteiger partial charge >= 0.3 is 0 Å². The van der Waals surface area contributed by atoms with Gasteiger partial charge in [0, 0.05) is 19.2 Å². The number of carbonyl (C=O) groups is 1. The molecule has 1 aromatic rings. The molecule has 114 valence electrons. The van der Waals surface area contributed by atoms with Gasteiger partial charge in [0.1, 0.15) is 0 Å². The second-order valence-corrected chi connectivity index (χ2v) is 6.52. The number of ether oxygens (including phenoxy) is 1. The highest BCUT2D eigenvalue weighted by atomic mass is 16.5. The molecule has 3 heteroatoms. The molecule has 1 aliphatic rings. The first-order chi connectivity index (χ1) is 9.87. The van der Waals surface area contributed by atoms with E-state index in [4.69, 9.17) is 4.74 Å². The normalized spacial score (nSPS) is 18.4. The minimum absolute atomic E-state index is 0.0549. The van der Waals surface area contributed by atoms with Crippen LogP contribution >= 0.6 is 0 Å². The van der Waals surface area contributed by atoms with Gasteiger partial charge < -0.3 is 9.64 Å². The zero-order valence-corrected chi connectivity index (χ0v) is 13.4. The maximum absolute atomic E-state index is 12.2. The third-order valence-corrected chi connectivity index (χ3v) is 3.76. The maximum atomic E-state index is 12.2. The first-order valence-corrected chi connectivity index (χ1v) is 7.58. The summed E-state index contributed by atoms with van der Waals surface area (Å²) in [7, 11) is 0. The molecule has 0 bridgehead atoms. The van der Waals surface area contributed by atoms with Crippen molar-refractivity contribution in [1.29, 1.82) is 0 Å². The average Bonchev–Trinajstić information content (AvgIpc) is 2.44. The zero-order chi connectivity index (χ0) is 15.5. The minimum atomic E-state index is -0.249. The van der Waals surface area contributed by atoms with E-state index in [1.165, 1.54) is 5.56 Å². The molecule has 1 amide bonds. The van der Waals surface area contributed by atoms with Crippen LogP contribution in [0.5, 0.6) is 0 Å². The molecule has 0 aliphatic carbocycles. The van der Waals surface area contributed by atoms with Crippen molar-refractivity contribution in [1.82, 2.24) is 4.90 Å². The minimum Gasteiger partial charge on any atom is -0.372 e. The largest absolute Gasteiger partial charge is 0.372 e. The number of carbonyl (C=O) groups excluding carboxylic acids is 1. The molecule has 0 saturated carbocycles. The predicted octanol–water partition coefficient (Wildman–Crippen LogP) is 3.46. The Morgan fingerprint density at radius 3 is 2.52 bits per heavy atom. The quantitative estimate of drug-likeness (QED) is 0.797. The molecule has 3 nitrogen and oxygen atoms in total. The lowest BCUT2D eigenvalue weighted by Crippen LogP contribution is -2.50. The van der Waals surface area contributed by atoms with Crippen LogP contribution < -0.4 is 0 Å². The molecule has 1 aliphatic heterocycles. The molecule has 1 aromatic carbocycles. The van der Waals surface area contributed by atoms with E-state index < -0.39 is 0 Å². The van der Waals surface area contributed by atoms with Crippen LogP contribution in [0.3, 0.4) is 0 Å². The van der Waals surface area contributed by atoms with Crippen LogP contribution in [0.2, 0.25) is 0 Å². The zero-order valence-electron chi connectivity index (χ0n) is 13.4. The fourth-order valence-electron chi connectivity index (χ4n) is 2.47. The van der Waals surface area contributed by atoms with Crippen molar-refractivity contribution in [3.63, 3.8) is 0 Å². The van der Waals surface area contributed by atoms with Crippen LogP contribution in [-0.4, -0.2) is 36.1 Å². The standard InChI is InChI=1S/C18H25NO2/c1-14(2)16-8-5-15(6-9-16)7-10-17(20)19-11-12-21-18(3,4)13-19/h5-10,14H,11-13H2,1-4H3/b10-7+. The predicted molar refractivity (Wildman–Crippen MR) is 86.2 cm³/mol. The van der Waals surface area contributed by atoms with Crippen LogP contribution in [0.1, 0.15) is 44.7 Å². The van der Waals surface area contributed by atoms with E-state index in [0.29, 0.717) is 25.6 Å². The molecule has 0 atom stereocenters. The summed E-state index contributed by atoms with van der Waals surface area (Å²) in [5.74, 6) is 0.583. The van der Waals surface area contributed by atoms with Gasteiger partial charge in [-0.15, -0.1) is 0 Å². The summed E-state index contributed by atoms with van der Waals surface area (Å²) in [6.07, 6.45) is 3.54. The van der Waals surface area contributed by atoms with Gasteiger partial charge in [-0.1, -0.05) is 38.1 Å². The molecule has 1 saturated heterocycles. The Hall–Kier alpha value is -1.61. The number of amides is 1. The van der Waals surface area contributed by atoms with Crippen molar-refractivity contribution < 1.29 is 9.53 Å². The Kier molecular flexibility index (Phi) is 4.84.